The van der Waals surface area contributed by atoms with E-state index in [1.165, 1.54) is 17.5 Å². The SMILES string of the molecule is CN=C(NCc1ccccc1CN1CCOCC1)NC1CC1C.I. The molecule has 134 valence electrons. The summed E-state index contributed by atoms with van der Waals surface area (Å²) in [6.45, 7) is 7.79. The summed E-state index contributed by atoms with van der Waals surface area (Å²) in [4.78, 5) is 6.79. The van der Waals surface area contributed by atoms with Gasteiger partial charge in [0.05, 0.1) is 13.2 Å². The molecular formula is C18H29IN4O. The smallest absolute Gasteiger partial charge is 0.191 e. The van der Waals surface area contributed by atoms with Crippen molar-refractivity contribution < 1.29 is 4.74 Å². The van der Waals surface area contributed by atoms with E-state index in [0.29, 0.717) is 6.04 Å². The molecular weight excluding hydrogens is 415 g/mol. The van der Waals surface area contributed by atoms with Gasteiger partial charge in [-0.1, -0.05) is 31.2 Å². The lowest BCUT2D eigenvalue weighted by atomic mass is 10.1. The first-order valence-corrected chi connectivity index (χ1v) is 8.60. The summed E-state index contributed by atoms with van der Waals surface area (Å²) >= 11 is 0. The van der Waals surface area contributed by atoms with Crippen LogP contribution in [0.15, 0.2) is 29.3 Å². The minimum atomic E-state index is 0. The van der Waals surface area contributed by atoms with Gasteiger partial charge in [-0.2, -0.15) is 0 Å². The Kier molecular flexibility index (Phi) is 7.77. The first-order valence-electron chi connectivity index (χ1n) is 8.60. The number of aliphatic imine (C=N–C) groups is 1. The summed E-state index contributed by atoms with van der Waals surface area (Å²) in [5, 5.41) is 6.92. The number of guanidine groups is 1. The fraction of sp³-hybridized carbons (Fsp3) is 0.611. The van der Waals surface area contributed by atoms with Gasteiger partial charge < -0.3 is 15.4 Å². The molecule has 2 atom stereocenters. The molecule has 5 nitrogen and oxygen atoms in total. The van der Waals surface area contributed by atoms with Crippen molar-refractivity contribution in [2.75, 3.05) is 33.4 Å². The third-order valence-electron chi connectivity index (χ3n) is 4.72. The van der Waals surface area contributed by atoms with E-state index in [1.54, 1.807) is 0 Å². The van der Waals surface area contributed by atoms with Gasteiger partial charge in [0.25, 0.3) is 0 Å². The van der Waals surface area contributed by atoms with Crippen LogP contribution in [0.5, 0.6) is 0 Å². The van der Waals surface area contributed by atoms with E-state index < -0.39 is 0 Å². The maximum atomic E-state index is 5.43. The summed E-state index contributed by atoms with van der Waals surface area (Å²) in [5.41, 5.74) is 2.72. The fourth-order valence-electron chi connectivity index (χ4n) is 2.96. The standard InChI is InChI=1S/C18H28N4O.HI/c1-14-11-17(14)21-18(19-2)20-12-15-5-3-4-6-16(15)13-22-7-9-23-10-8-22;/h3-6,14,17H,7-13H2,1-2H3,(H2,19,20,21);1H. The Morgan fingerprint density at radius 3 is 2.54 bits per heavy atom. The van der Waals surface area contributed by atoms with Crippen molar-refractivity contribution in [3.63, 3.8) is 0 Å². The zero-order chi connectivity index (χ0) is 16.1. The molecule has 2 fully saturated rings. The second-order valence-electron chi connectivity index (χ2n) is 6.55. The van der Waals surface area contributed by atoms with E-state index in [2.05, 4.69) is 51.7 Å². The fourth-order valence-corrected chi connectivity index (χ4v) is 2.96. The van der Waals surface area contributed by atoms with Gasteiger partial charge in [-0.15, -0.1) is 24.0 Å². The van der Waals surface area contributed by atoms with Gasteiger partial charge >= 0.3 is 0 Å². The van der Waals surface area contributed by atoms with Crippen LogP contribution in [0.2, 0.25) is 0 Å². The lowest BCUT2D eigenvalue weighted by molar-refractivity contribution is 0.0341. The van der Waals surface area contributed by atoms with Crippen molar-refractivity contribution in [3.05, 3.63) is 35.4 Å². The molecule has 2 aliphatic rings. The first kappa shape index (κ1) is 19.5. The summed E-state index contributed by atoms with van der Waals surface area (Å²) < 4.78 is 5.43. The average Bonchev–Trinajstić information content (AvgIpc) is 3.28. The van der Waals surface area contributed by atoms with Crippen molar-refractivity contribution in [2.45, 2.75) is 32.5 Å². The highest BCUT2D eigenvalue weighted by molar-refractivity contribution is 14.0. The average molecular weight is 444 g/mol. The summed E-state index contributed by atoms with van der Waals surface area (Å²) in [6, 6.07) is 9.25. The van der Waals surface area contributed by atoms with Crippen molar-refractivity contribution in [1.29, 1.82) is 0 Å². The number of nitrogens with zero attached hydrogens (tertiary/aromatic N) is 2. The maximum Gasteiger partial charge on any atom is 0.191 e. The van der Waals surface area contributed by atoms with Gasteiger partial charge in [0.15, 0.2) is 5.96 Å². The molecule has 1 heterocycles. The lowest BCUT2D eigenvalue weighted by Crippen LogP contribution is -2.39. The van der Waals surface area contributed by atoms with Crippen LogP contribution in [0.25, 0.3) is 0 Å². The van der Waals surface area contributed by atoms with Crippen LogP contribution in [-0.4, -0.2) is 50.3 Å². The van der Waals surface area contributed by atoms with Crippen LogP contribution >= 0.6 is 24.0 Å². The highest BCUT2D eigenvalue weighted by Gasteiger charge is 2.33. The molecule has 3 rings (SSSR count). The minimum Gasteiger partial charge on any atom is -0.379 e. The van der Waals surface area contributed by atoms with E-state index in [-0.39, 0.29) is 24.0 Å². The number of hydrogen-bond donors (Lipinski definition) is 2. The number of hydrogen-bond acceptors (Lipinski definition) is 3. The van der Waals surface area contributed by atoms with E-state index in [4.69, 9.17) is 4.74 Å². The van der Waals surface area contributed by atoms with Crippen LogP contribution < -0.4 is 10.6 Å². The predicted octanol–water partition coefficient (Wildman–Crippen LogP) is 2.21. The summed E-state index contributed by atoms with van der Waals surface area (Å²) in [5.74, 6) is 1.67. The van der Waals surface area contributed by atoms with Gasteiger partial charge in [-0.3, -0.25) is 9.89 Å². The number of benzene rings is 1. The third-order valence-corrected chi connectivity index (χ3v) is 4.72. The molecule has 1 aromatic rings. The second-order valence-corrected chi connectivity index (χ2v) is 6.55. The van der Waals surface area contributed by atoms with Crippen molar-refractivity contribution in [2.24, 2.45) is 10.9 Å². The quantitative estimate of drug-likeness (QED) is 0.416. The van der Waals surface area contributed by atoms with Crippen LogP contribution in [0.3, 0.4) is 0 Å². The molecule has 1 aromatic carbocycles. The van der Waals surface area contributed by atoms with Crippen LogP contribution in [0, 0.1) is 5.92 Å². The Morgan fingerprint density at radius 1 is 1.25 bits per heavy atom. The Hall–Kier alpha value is -0.860. The van der Waals surface area contributed by atoms with Crippen LogP contribution in [0.1, 0.15) is 24.5 Å². The molecule has 0 amide bonds. The minimum absolute atomic E-state index is 0. The van der Waals surface area contributed by atoms with Gasteiger partial charge in [0.2, 0.25) is 0 Å². The largest absolute Gasteiger partial charge is 0.379 e. The monoisotopic (exact) mass is 444 g/mol. The van der Waals surface area contributed by atoms with Crippen molar-refractivity contribution >= 4 is 29.9 Å². The number of rotatable bonds is 5. The number of morpholine rings is 1. The molecule has 24 heavy (non-hydrogen) atoms. The van der Waals surface area contributed by atoms with E-state index >= 15 is 0 Å². The van der Waals surface area contributed by atoms with Gasteiger partial charge in [0.1, 0.15) is 0 Å². The molecule has 1 saturated heterocycles. The third kappa shape index (κ3) is 5.60. The second kappa shape index (κ2) is 9.58. The van der Waals surface area contributed by atoms with Gasteiger partial charge in [-0.05, 0) is 23.5 Å². The summed E-state index contributed by atoms with van der Waals surface area (Å²) in [7, 11) is 1.84. The molecule has 0 spiro atoms. The molecule has 6 heteroatoms. The maximum absolute atomic E-state index is 5.43. The normalized spacial score (nSPS) is 24.2. The Balaban J connectivity index is 0.00000208. The van der Waals surface area contributed by atoms with Crippen LogP contribution in [0.4, 0.5) is 0 Å². The van der Waals surface area contributed by atoms with E-state index in [1.807, 2.05) is 7.05 Å². The molecule has 2 N–H and O–H groups in total. The van der Waals surface area contributed by atoms with Gasteiger partial charge in [-0.25, -0.2) is 0 Å². The topological polar surface area (TPSA) is 48.9 Å². The molecule has 0 aromatic heterocycles. The highest BCUT2D eigenvalue weighted by Crippen LogP contribution is 2.28. The zero-order valence-electron chi connectivity index (χ0n) is 14.6. The molecule has 0 bridgehead atoms. The molecule has 1 aliphatic carbocycles. The number of halogens is 1. The Bertz CT molecular complexity index is 546. The number of nitrogens with one attached hydrogen (secondary N) is 2. The molecule has 1 saturated carbocycles. The Morgan fingerprint density at radius 2 is 1.92 bits per heavy atom. The van der Waals surface area contributed by atoms with Gasteiger partial charge in [0, 0.05) is 39.3 Å². The predicted molar refractivity (Wildman–Crippen MR) is 109 cm³/mol. The first-order chi connectivity index (χ1) is 11.3. The molecule has 1 aliphatic heterocycles. The lowest BCUT2D eigenvalue weighted by Gasteiger charge is -2.27. The van der Waals surface area contributed by atoms with E-state index in [0.717, 1.165) is 51.3 Å². The zero-order valence-corrected chi connectivity index (χ0v) is 17.0. The van der Waals surface area contributed by atoms with Crippen LogP contribution in [-0.2, 0) is 17.8 Å². The molecule has 2 unspecified atom stereocenters. The number of ether oxygens (including phenoxy) is 1. The summed E-state index contributed by atoms with van der Waals surface area (Å²) in [6.07, 6.45) is 1.24. The Labute approximate surface area is 162 Å². The van der Waals surface area contributed by atoms with Crippen molar-refractivity contribution in [3.8, 4) is 0 Å². The van der Waals surface area contributed by atoms with Crippen molar-refractivity contribution in [1.82, 2.24) is 15.5 Å². The highest BCUT2D eigenvalue weighted by atomic mass is 127. The van der Waals surface area contributed by atoms with E-state index in [9.17, 15) is 0 Å². The molecule has 0 radical (unpaired) electrons.